The Balaban J connectivity index is 2.13. The van der Waals surface area contributed by atoms with E-state index in [1.165, 1.54) is 24.3 Å². The predicted octanol–water partition coefficient (Wildman–Crippen LogP) is 0.208. The van der Waals surface area contributed by atoms with Crippen LogP contribution in [0.4, 0.5) is 0 Å². The van der Waals surface area contributed by atoms with E-state index in [4.69, 9.17) is 0 Å². The lowest BCUT2D eigenvalue weighted by Gasteiger charge is -2.19. The van der Waals surface area contributed by atoms with Gasteiger partial charge in [0, 0.05) is 24.2 Å². The fourth-order valence-corrected chi connectivity index (χ4v) is 2.41. The van der Waals surface area contributed by atoms with Gasteiger partial charge in [0.2, 0.25) is 0 Å². The average Bonchev–Trinajstić information content (AvgIpc) is 2.46. The molecule has 1 amide bonds. The Morgan fingerprint density at radius 2 is 1.71 bits per heavy atom. The monoisotopic (exact) mass is 306 g/mol. The lowest BCUT2D eigenvalue weighted by atomic mass is 10.2. The minimum absolute atomic E-state index is 0.00478. The number of sulfone groups is 1. The molecule has 110 valence electrons. The van der Waals surface area contributed by atoms with Crippen LogP contribution in [0.3, 0.4) is 0 Å². The normalized spacial score (nSPS) is 12.9. The number of quaternary nitrogens is 1. The van der Waals surface area contributed by atoms with E-state index >= 15 is 0 Å². The summed E-state index contributed by atoms with van der Waals surface area (Å²) in [5.41, 5.74) is 0.887. The van der Waals surface area contributed by atoms with E-state index in [9.17, 15) is 18.4 Å². The number of pyridine rings is 1. The maximum Gasteiger partial charge on any atom is 0.344 e. The summed E-state index contributed by atoms with van der Waals surface area (Å²) < 4.78 is 22.7. The highest BCUT2D eigenvalue weighted by atomic mass is 32.2. The number of carbonyl (C=O) groups excluding carboxylic acids is 1. The Kier molecular flexibility index (Phi) is 4.46. The number of nitrogens with one attached hydrogen (secondary N) is 1. The number of hydrogen-bond donors (Lipinski definition) is 1. The molecule has 0 saturated carbocycles. The van der Waals surface area contributed by atoms with Gasteiger partial charge in [-0.05, 0) is 36.4 Å². The first-order valence-electron chi connectivity index (χ1n) is 6.14. The Hall–Kier alpha value is -2.09. The molecule has 7 heteroatoms. The molecule has 1 atom stereocenters. The molecule has 21 heavy (non-hydrogen) atoms. The van der Waals surface area contributed by atoms with Crippen LogP contribution in [0.15, 0.2) is 53.7 Å². The predicted molar refractivity (Wildman–Crippen MR) is 76.2 cm³/mol. The summed E-state index contributed by atoms with van der Waals surface area (Å²) in [6, 6.07) is 8.67. The van der Waals surface area contributed by atoms with Gasteiger partial charge in [0.25, 0.3) is 0 Å². The fourth-order valence-electron chi connectivity index (χ4n) is 1.78. The SMILES string of the molecule is CS(=O)(=O)c1ccc(C(=O)[NH+]([O-])Cc2ccncc2)cc1. The van der Waals surface area contributed by atoms with Crippen molar-refractivity contribution in [2.75, 3.05) is 6.26 Å². The molecule has 0 radical (unpaired) electrons. The molecule has 0 aliphatic rings. The van der Waals surface area contributed by atoms with Crippen LogP contribution in [-0.2, 0) is 16.4 Å². The van der Waals surface area contributed by atoms with Crippen molar-refractivity contribution in [1.29, 1.82) is 0 Å². The van der Waals surface area contributed by atoms with E-state index in [0.717, 1.165) is 6.26 Å². The number of amides is 1. The molecule has 1 aromatic carbocycles. The van der Waals surface area contributed by atoms with E-state index in [1.54, 1.807) is 24.5 Å². The van der Waals surface area contributed by atoms with E-state index in [-0.39, 0.29) is 17.0 Å². The van der Waals surface area contributed by atoms with Crippen LogP contribution >= 0.6 is 0 Å². The molecule has 1 N–H and O–H groups in total. The average molecular weight is 306 g/mol. The minimum atomic E-state index is -3.32. The molecule has 0 aliphatic heterocycles. The van der Waals surface area contributed by atoms with Crippen LogP contribution in [0.2, 0.25) is 0 Å². The first-order chi connectivity index (χ1) is 9.88. The lowest BCUT2D eigenvalue weighted by Crippen LogP contribution is -3.08. The van der Waals surface area contributed by atoms with E-state index in [0.29, 0.717) is 5.56 Å². The van der Waals surface area contributed by atoms with Gasteiger partial charge < -0.3 is 10.3 Å². The van der Waals surface area contributed by atoms with Gasteiger partial charge in [-0.2, -0.15) is 0 Å². The van der Waals surface area contributed by atoms with Crippen molar-refractivity contribution in [3.05, 3.63) is 65.1 Å². The minimum Gasteiger partial charge on any atom is -0.626 e. The van der Waals surface area contributed by atoms with Crippen molar-refractivity contribution in [2.45, 2.75) is 11.4 Å². The second kappa shape index (κ2) is 6.13. The number of carbonyl (C=O) groups is 1. The highest BCUT2D eigenvalue weighted by Gasteiger charge is 2.16. The second-order valence-electron chi connectivity index (χ2n) is 4.58. The van der Waals surface area contributed by atoms with Crippen LogP contribution in [-0.4, -0.2) is 25.6 Å². The van der Waals surface area contributed by atoms with Crippen molar-refractivity contribution in [3.63, 3.8) is 0 Å². The number of hydrogen-bond acceptors (Lipinski definition) is 5. The Morgan fingerprint density at radius 1 is 1.14 bits per heavy atom. The number of hydroxylamine groups is 2. The first-order valence-corrected chi connectivity index (χ1v) is 8.03. The molecular formula is C14H14N2O4S. The van der Waals surface area contributed by atoms with Gasteiger partial charge in [-0.3, -0.25) is 4.98 Å². The zero-order valence-electron chi connectivity index (χ0n) is 11.3. The van der Waals surface area contributed by atoms with Crippen LogP contribution in [0, 0.1) is 5.21 Å². The number of aromatic nitrogens is 1. The Bertz CT molecular complexity index is 727. The molecule has 1 aromatic heterocycles. The largest absolute Gasteiger partial charge is 0.626 e. The van der Waals surface area contributed by atoms with Gasteiger partial charge in [0.15, 0.2) is 9.84 Å². The van der Waals surface area contributed by atoms with Crippen molar-refractivity contribution in [3.8, 4) is 0 Å². The van der Waals surface area contributed by atoms with Gasteiger partial charge in [-0.25, -0.2) is 13.2 Å². The summed E-state index contributed by atoms with van der Waals surface area (Å²) in [6.45, 7) is -0.00478. The van der Waals surface area contributed by atoms with Crippen LogP contribution < -0.4 is 5.06 Å². The van der Waals surface area contributed by atoms with E-state index < -0.39 is 20.8 Å². The summed E-state index contributed by atoms with van der Waals surface area (Å²) in [5.74, 6) is -0.633. The zero-order valence-corrected chi connectivity index (χ0v) is 12.1. The van der Waals surface area contributed by atoms with Crippen molar-refractivity contribution >= 4 is 15.7 Å². The fraction of sp³-hybridized carbons (Fsp3) is 0.143. The molecule has 1 heterocycles. The maximum absolute atomic E-state index is 12.0. The molecule has 0 spiro atoms. The van der Waals surface area contributed by atoms with Gasteiger partial charge in [-0.1, -0.05) is 0 Å². The van der Waals surface area contributed by atoms with Gasteiger partial charge >= 0.3 is 5.91 Å². The van der Waals surface area contributed by atoms with Crippen LogP contribution in [0.5, 0.6) is 0 Å². The first kappa shape index (κ1) is 15.3. The maximum atomic E-state index is 12.0. The van der Waals surface area contributed by atoms with Crippen molar-refractivity contribution in [1.82, 2.24) is 4.98 Å². The van der Waals surface area contributed by atoms with Crippen molar-refractivity contribution < 1.29 is 18.3 Å². The topological polar surface area (TPSA) is 91.6 Å². The van der Waals surface area contributed by atoms with E-state index in [1.807, 2.05) is 0 Å². The number of nitrogens with zero attached hydrogens (tertiary/aromatic N) is 1. The second-order valence-corrected chi connectivity index (χ2v) is 6.60. The third-order valence-corrected chi connectivity index (χ3v) is 4.04. The molecule has 0 bridgehead atoms. The van der Waals surface area contributed by atoms with Gasteiger partial charge in [-0.15, -0.1) is 0 Å². The third-order valence-electron chi connectivity index (χ3n) is 2.91. The molecule has 0 fully saturated rings. The molecule has 1 unspecified atom stereocenters. The highest BCUT2D eigenvalue weighted by Crippen LogP contribution is 2.09. The summed E-state index contributed by atoms with van der Waals surface area (Å²) in [6.07, 6.45) is 4.18. The molecule has 0 saturated heterocycles. The summed E-state index contributed by atoms with van der Waals surface area (Å²) in [5, 5.41) is 11.4. The standard InChI is InChI=1S/C14H14N2O4S/c1-21(19,20)13-4-2-12(3-5-13)14(17)16(18)10-11-6-8-15-9-7-11/h2-9,16H,10H2,1H3. The zero-order chi connectivity index (χ0) is 15.5. The van der Waals surface area contributed by atoms with E-state index in [2.05, 4.69) is 4.98 Å². The summed E-state index contributed by atoms with van der Waals surface area (Å²) >= 11 is 0. The molecule has 2 aromatic rings. The Labute approximate surface area is 122 Å². The number of benzene rings is 1. The summed E-state index contributed by atoms with van der Waals surface area (Å²) in [7, 11) is -3.32. The van der Waals surface area contributed by atoms with Gasteiger partial charge in [0.05, 0.1) is 10.5 Å². The van der Waals surface area contributed by atoms with Crippen LogP contribution in [0.25, 0.3) is 0 Å². The molecule has 6 nitrogen and oxygen atoms in total. The molecule has 0 aliphatic carbocycles. The van der Waals surface area contributed by atoms with Crippen LogP contribution in [0.1, 0.15) is 15.9 Å². The highest BCUT2D eigenvalue weighted by molar-refractivity contribution is 7.90. The van der Waals surface area contributed by atoms with Crippen molar-refractivity contribution in [2.24, 2.45) is 0 Å². The molecular weight excluding hydrogens is 292 g/mol. The van der Waals surface area contributed by atoms with Gasteiger partial charge in [0.1, 0.15) is 6.54 Å². The quantitative estimate of drug-likeness (QED) is 0.815. The number of rotatable bonds is 4. The Morgan fingerprint density at radius 3 is 2.24 bits per heavy atom. The third kappa shape index (κ3) is 3.94. The molecule has 2 rings (SSSR count). The summed E-state index contributed by atoms with van der Waals surface area (Å²) in [4.78, 5) is 15.9. The smallest absolute Gasteiger partial charge is 0.344 e. The lowest BCUT2D eigenvalue weighted by molar-refractivity contribution is -0.773.